The Bertz CT molecular complexity index is 732. The Balaban J connectivity index is 0.00000133. The summed E-state index contributed by atoms with van der Waals surface area (Å²) in [5, 5.41) is 18.8. The summed E-state index contributed by atoms with van der Waals surface area (Å²) in [5.41, 5.74) is 2.78. The summed E-state index contributed by atoms with van der Waals surface area (Å²) in [6, 6.07) is 6.08. The van der Waals surface area contributed by atoms with Crippen LogP contribution in [0.2, 0.25) is 0 Å². The van der Waals surface area contributed by atoms with Gasteiger partial charge in [-0.05, 0) is 40.4 Å². The van der Waals surface area contributed by atoms with E-state index in [-0.39, 0.29) is 1.43 Å². The van der Waals surface area contributed by atoms with E-state index in [0.29, 0.717) is 5.56 Å². The quantitative estimate of drug-likeness (QED) is 0.834. The maximum absolute atomic E-state index is 9.10. The fraction of sp³-hybridized carbons (Fsp3) is 0. The minimum atomic E-state index is 0. The van der Waals surface area contributed by atoms with Gasteiger partial charge in [-0.15, -0.1) is 0 Å². The van der Waals surface area contributed by atoms with E-state index in [2.05, 4.69) is 22.1 Å². The maximum atomic E-state index is 9.10. The minimum Gasteiger partial charge on any atom is -0.361 e. The molecule has 2 heterocycles. The van der Waals surface area contributed by atoms with Gasteiger partial charge in [0.15, 0.2) is 0 Å². The molecule has 3 rings (SSSR count). The summed E-state index contributed by atoms with van der Waals surface area (Å²) in [6.45, 7) is 0. The van der Waals surface area contributed by atoms with Crippen LogP contribution < -0.4 is 5.32 Å². The van der Waals surface area contributed by atoms with Gasteiger partial charge in [-0.2, -0.15) is 16.6 Å². The number of allylic oxidation sites excluding steroid dienone is 4. The second-order valence-corrected chi connectivity index (χ2v) is 4.72. The molecule has 0 amide bonds. The van der Waals surface area contributed by atoms with E-state index in [9.17, 15) is 0 Å². The van der Waals surface area contributed by atoms with Crippen molar-refractivity contribution in [3.63, 3.8) is 0 Å². The normalized spacial score (nSPS) is 13.8. The highest BCUT2D eigenvalue weighted by molar-refractivity contribution is 7.09. The van der Waals surface area contributed by atoms with Gasteiger partial charge >= 0.3 is 1.43 Å². The van der Waals surface area contributed by atoms with Gasteiger partial charge < -0.3 is 5.32 Å². The smallest absolute Gasteiger partial charge is 0.361 e. The lowest BCUT2D eigenvalue weighted by Crippen LogP contribution is -2.03. The predicted octanol–water partition coefficient (Wildman–Crippen LogP) is 3.90. The van der Waals surface area contributed by atoms with Gasteiger partial charge in [0.2, 0.25) is 0 Å². The predicted molar refractivity (Wildman–Crippen MR) is 77.0 cm³/mol. The second kappa shape index (κ2) is 4.52. The largest absolute Gasteiger partial charge is 1.00 e. The summed E-state index contributed by atoms with van der Waals surface area (Å²) in [5.74, 6) is 0. The first-order valence-electron chi connectivity index (χ1n) is 5.59. The van der Waals surface area contributed by atoms with Crippen LogP contribution >= 0.6 is 11.3 Å². The van der Waals surface area contributed by atoms with Gasteiger partial charge in [0.25, 0.3) is 0 Å². The molecule has 0 atom stereocenters. The topological polar surface area (TPSA) is 35.8 Å². The van der Waals surface area contributed by atoms with Crippen LogP contribution in [0, 0.1) is 11.3 Å². The van der Waals surface area contributed by atoms with Crippen molar-refractivity contribution in [2.24, 2.45) is 0 Å². The number of rotatable bonds is 1. The van der Waals surface area contributed by atoms with Crippen molar-refractivity contribution in [1.82, 2.24) is 5.32 Å². The average Bonchev–Trinajstić information content (AvgIpc) is 2.70. The van der Waals surface area contributed by atoms with Gasteiger partial charge in [-0.25, -0.2) is 0 Å². The molecular weight excluding hydrogens is 240 g/mol. The summed E-state index contributed by atoms with van der Waals surface area (Å²) >= 11 is 1.65. The Hall–Kier alpha value is -2.31. The highest BCUT2D eigenvalue weighted by atomic mass is 32.1. The molecule has 1 aliphatic heterocycles. The van der Waals surface area contributed by atoms with Crippen LogP contribution in [-0.2, 0) is 0 Å². The van der Waals surface area contributed by atoms with Crippen LogP contribution in [0.4, 0.5) is 0 Å². The van der Waals surface area contributed by atoms with Crippen LogP contribution in [0.3, 0.4) is 0 Å². The lowest BCUT2D eigenvalue weighted by atomic mass is 10.0. The first kappa shape index (κ1) is 10.8. The van der Waals surface area contributed by atoms with E-state index >= 15 is 0 Å². The standard InChI is InChI=1S/C15H10N2S/c16-8-11-6-12-9-18-10-14(12)13(7-11)15-4-2-1-3-5-17-15/h1-7,9-10,17H/p+1. The van der Waals surface area contributed by atoms with E-state index in [1.54, 1.807) is 11.3 Å². The van der Waals surface area contributed by atoms with E-state index < -0.39 is 0 Å². The number of nitrogens with zero attached hydrogens (tertiary/aromatic N) is 1. The number of hydrogen-bond acceptors (Lipinski definition) is 3. The Kier molecular flexibility index (Phi) is 2.71. The van der Waals surface area contributed by atoms with Gasteiger partial charge in [0.05, 0.1) is 11.6 Å². The number of nitrogens with one attached hydrogen (secondary N) is 1. The monoisotopic (exact) mass is 251 g/mol. The highest BCUT2D eigenvalue weighted by Gasteiger charge is 2.09. The first-order chi connectivity index (χ1) is 8.88. The van der Waals surface area contributed by atoms with Crippen molar-refractivity contribution in [3.05, 3.63) is 64.5 Å². The fourth-order valence-corrected chi connectivity index (χ4v) is 2.80. The second-order valence-electron chi connectivity index (χ2n) is 3.98. The molecular formula is C15H11N2S+. The van der Waals surface area contributed by atoms with Gasteiger partial charge in [0, 0.05) is 22.8 Å². The van der Waals surface area contributed by atoms with Crippen LogP contribution in [0.1, 0.15) is 12.6 Å². The summed E-state index contributed by atoms with van der Waals surface area (Å²) in [6.07, 6.45) is 9.82. The molecule has 0 saturated carbocycles. The lowest BCUT2D eigenvalue weighted by Gasteiger charge is -2.08. The molecule has 2 nitrogen and oxygen atoms in total. The van der Waals surface area contributed by atoms with Gasteiger partial charge in [-0.1, -0.05) is 12.2 Å². The number of nitriles is 1. The van der Waals surface area contributed by atoms with Crippen molar-refractivity contribution in [1.29, 1.82) is 5.26 Å². The Morgan fingerprint density at radius 3 is 3.00 bits per heavy atom. The van der Waals surface area contributed by atoms with E-state index in [4.69, 9.17) is 5.26 Å². The number of thiophene rings is 1. The molecule has 0 spiro atoms. The number of benzene rings is 1. The SMILES string of the molecule is N#Cc1cc(C2=CC=CC=CN2)c2cscc2c1.[H+]. The molecule has 0 bridgehead atoms. The summed E-state index contributed by atoms with van der Waals surface area (Å²) < 4.78 is 0. The molecule has 1 aromatic heterocycles. The fourth-order valence-electron chi connectivity index (χ4n) is 1.99. The van der Waals surface area contributed by atoms with E-state index in [0.717, 1.165) is 16.6 Å². The third kappa shape index (κ3) is 1.83. The van der Waals surface area contributed by atoms with Crippen molar-refractivity contribution in [2.75, 3.05) is 0 Å². The third-order valence-corrected chi connectivity index (χ3v) is 3.59. The molecule has 2 aromatic rings. The molecule has 3 heteroatoms. The van der Waals surface area contributed by atoms with Crippen LogP contribution in [-0.4, -0.2) is 0 Å². The zero-order valence-corrected chi connectivity index (χ0v) is 10.4. The van der Waals surface area contributed by atoms with Gasteiger partial charge in [-0.3, -0.25) is 0 Å². The van der Waals surface area contributed by atoms with Crippen LogP contribution in [0.25, 0.3) is 16.5 Å². The molecule has 1 aromatic carbocycles. The molecule has 1 aliphatic rings. The van der Waals surface area contributed by atoms with E-state index in [1.807, 2.05) is 42.6 Å². The molecule has 0 saturated heterocycles. The molecule has 0 unspecified atom stereocenters. The molecule has 18 heavy (non-hydrogen) atoms. The number of hydrogen-bond donors (Lipinski definition) is 1. The molecule has 1 N–H and O–H groups in total. The average molecular weight is 251 g/mol. The molecule has 0 radical (unpaired) electrons. The first-order valence-corrected chi connectivity index (χ1v) is 6.53. The highest BCUT2D eigenvalue weighted by Crippen LogP contribution is 2.29. The molecule has 86 valence electrons. The lowest BCUT2D eigenvalue weighted by molar-refractivity contribution is 1.23. The third-order valence-electron chi connectivity index (χ3n) is 2.83. The molecule has 0 aliphatic carbocycles. The zero-order valence-electron chi connectivity index (χ0n) is 10.6. The Morgan fingerprint density at radius 2 is 2.11 bits per heavy atom. The Labute approximate surface area is 111 Å². The van der Waals surface area contributed by atoms with Crippen molar-refractivity contribution in [3.8, 4) is 6.07 Å². The molecule has 0 fully saturated rings. The van der Waals surface area contributed by atoms with Crippen molar-refractivity contribution in [2.45, 2.75) is 0 Å². The van der Waals surface area contributed by atoms with Gasteiger partial charge in [0.1, 0.15) is 0 Å². The van der Waals surface area contributed by atoms with Crippen LogP contribution in [0.15, 0.2) is 53.4 Å². The summed E-state index contributed by atoms with van der Waals surface area (Å²) in [7, 11) is 0. The van der Waals surface area contributed by atoms with Crippen LogP contribution in [0.5, 0.6) is 0 Å². The Morgan fingerprint density at radius 1 is 1.17 bits per heavy atom. The van der Waals surface area contributed by atoms with E-state index in [1.165, 1.54) is 5.39 Å². The number of fused-ring (bicyclic) bond motifs is 1. The summed E-state index contributed by atoms with van der Waals surface area (Å²) in [4.78, 5) is 0. The zero-order chi connectivity index (χ0) is 12.4. The maximum Gasteiger partial charge on any atom is 1.00 e. The van der Waals surface area contributed by atoms with Crippen molar-refractivity contribution >= 4 is 27.8 Å². The van der Waals surface area contributed by atoms with Crippen molar-refractivity contribution < 1.29 is 1.43 Å². The minimum absolute atomic E-state index is 0.